The van der Waals surface area contributed by atoms with Crippen molar-refractivity contribution in [2.45, 2.75) is 121 Å². The summed E-state index contributed by atoms with van der Waals surface area (Å²) in [5.74, 6) is -0.470. The highest BCUT2D eigenvalue weighted by Crippen LogP contribution is 2.27. The molecule has 0 aliphatic heterocycles. The van der Waals surface area contributed by atoms with Gasteiger partial charge in [-0.3, -0.25) is 14.4 Å². The standard InChI is InChI=1S/C36H51N5O5/c1-2-21-37-35(43)30-22-31(36(44)39-29-18-10-12-20-33(29)46-25-27-15-7-4-8-16-27)41(40-30)23-34(42)38-28-17-9-11-19-32(28)45-24-26-13-5-3-6-14-26/h2-3,5-6,13-14,22,27-29,32-33H,1,4,7-12,15-21,23-25H2,(H,37,43)(H,38,42)(H,39,44)/t28-,29-,32-,33-/m0/s1. The smallest absolute Gasteiger partial charge is 0.272 e. The molecule has 0 saturated heterocycles. The van der Waals surface area contributed by atoms with Crippen LogP contribution in [0, 0.1) is 5.92 Å². The summed E-state index contributed by atoms with van der Waals surface area (Å²) < 4.78 is 14.0. The van der Waals surface area contributed by atoms with Crippen molar-refractivity contribution < 1.29 is 23.9 Å². The number of aromatic nitrogens is 2. The number of hydrogen-bond donors (Lipinski definition) is 3. The number of carbonyl (C=O) groups excluding carboxylic acids is 3. The second kappa shape index (κ2) is 17.4. The molecule has 1 aromatic carbocycles. The summed E-state index contributed by atoms with van der Waals surface area (Å²) in [6, 6.07) is 11.2. The lowest BCUT2D eigenvalue weighted by Gasteiger charge is -2.34. The number of amides is 3. The van der Waals surface area contributed by atoms with Gasteiger partial charge in [-0.25, -0.2) is 4.68 Å². The average molecular weight is 634 g/mol. The molecule has 3 saturated carbocycles. The fourth-order valence-electron chi connectivity index (χ4n) is 7.03. The monoisotopic (exact) mass is 633 g/mol. The van der Waals surface area contributed by atoms with Gasteiger partial charge in [-0.05, 0) is 50.0 Å². The molecule has 10 nitrogen and oxygen atoms in total. The van der Waals surface area contributed by atoms with Crippen LogP contribution in [0.3, 0.4) is 0 Å². The number of hydrogen-bond acceptors (Lipinski definition) is 6. The molecule has 10 heteroatoms. The SMILES string of the molecule is C=CCNC(=O)c1cc(C(=O)N[C@H]2CCCC[C@@H]2OCC2CCCCC2)n(CC(=O)N[C@H]2CCCC[C@@H]2OCc2ccccc2)n1. The van der Waals surface area contributed by atoms with Crippen molar-refractivity contribution in [2.75, 3.05) is 13.2 Å². The van der Waals surface area contributed by atoms with Crippen LogP contribution in [0.5, 0.6) is 0 Å². The molecule has 3 fully saturated rings. The molecule has 5 rings (SSSR count). The number of nitrogens with one attached hydrogen (secondary N) is 3. The zero-order chi connectivity index (χ0) is 32.1. The van der Waals surface area contributed by atoms with E-state index in [4.69, 9.17) is 9.47 Å². The van der Waals surface area contributed by atoms with E-state index < -0.39 is 5.91 Å². The van der Waals surface area contributed by atoms with Crippen LogP contribution >= 0.6 is 0 Å². The second-order valence-corrected chi connectivity index (χ2v) is 13.1. The van der Waals surface area contributed by atoms with Gasteiger partial charge < -0.3 is 25.4 Å². The Morgan fingerprint density at radius 3 is 2.20 bits per heavy atom. The van der Waals surface area contributed by atoms with E-state index in [1.165, 1.54) is 42.9 Å². The van der Waals surface area contributed by atoms with E-state index in [0.29, 0.717) is 12.5 Å². The summed E-state index contributed by atoms with van der Waals surface area (Å²) in [6.07, 6.45) is 15.2. The van der Waals surface area contributed by atoms with E-state index in [0.717, 1.165) is 63.5 Å². The Kier molecular flexibility index (Phi) is 12.8. The number of rotatable bonds is 14. The Morgan fingerprint density at radius 1 is 0.826 bits per heavy atom. The molecule has 3 amide bonds. The summed E-state index contributed by atoms with van der Waals surface area (Å²) in [4.78, 5) is 40.0. The van der Waals surface area contributed by atoms with E-state index in [2.05, 4.69) is 27.6 Å². The van der Waals surface area contributed by atoms with Crippen molar-refractivity contribution in [3.63, 3.8) is 0 Å². The van der Waals surface area contributed by atoms with E-state index in [1.807, 2.05) is 30.3 Å². The van der Waals surface area contributed by atoms with E-state index in [1.54, 1.807) is 6.08 Å². The molecule has 1 heterocycles. The van der Waals surface area contributed by atoms with Crippen molar-refractivity contribution in [1.29, 1.82) is 0 Å². The summed E-state index contributed by atoms with van der Waals surface area (Å²) in [5.41, 5.74) is 1.35. The Labute approximate surface area is 273 Å². The summed E-state index contributed by atoms with van der Waals surface area (Å²) in [7, 11) is 0. The molecular formula is C36H51N5O5. The van der Waals surface area contributed by atoms with Gasteiger partial charge in [0.2, 0.25) is 5.91 Å². The first-order chi connectivity index (χ1) is 22.5. The molecule has 3 aliphatic carbocycles. The van der Waals surface area contributed by atoms with Gasteiger partial charge in [0.15, 0.2) is 5.69 Å². The Bertz CT molecular complexity index is 1290. The molecular weight excluding hydrogens is 582 g/mol. The second-order valence-electron chi connectivity index (χ2n) is 13.1. The molecule has 0 bridgehead atoms. The van der Waals surface area contributed by atoms with E-state index in [-0.39, 0.29) is 60.6 Å². The third-order valence-electron chi connectivity index (χ3n) is 9.59. The van der Waals surface area contributed by atoms with Crippen LogP contribution < -0.4 is 16.0 Å². The Hall–Kier alpha value is -3.50. The molecule has 3 aliphatic rings. The summed E-state index contributed by atoms with van der Waals surface area (Å²) >= 11 is 0. The van der Waals surface area contributed by atoms with E-state index in [9.17, 15) is 14.4 Å². The van der Waals surface area contributed by atoms with Crippen LogP contribution in [-0.2, 0) is 27.4 Å². The minimum Gasteiger partial charge on any atom is -0.376 e. The van der Waals surface area contributed by atoms with Crippen LogP contribution in [0.25, 0.3) is 0 Å². The number of carbonyl (C=O) groups is 3. The Morgan fingerprint density at radius 2 is 1.48 bits per heavy atom. The van der Waals surface area contributed by atoms with Crippen LogP contribution in [0.4, 0.5) is 0 Å². The van der Waals surface area contributed by atoms with Crippen molar-refractivity contribution in [3.05, 3.63) is 66.0 Å². The van der Waals surface area contributed by atoms with Gasteiger partial charge in [-0.1, -0.05) is 81.4 Å². The molecule has 46 heavy (non-hydrogen) atoms. The number of benzene rings is 1. The van der Waals surface area contributed by atoms with Gasteiger partial charge in [0.05, 0.1) is 30.9 Å². The zero-order valence-electron chi connectivity index (χ0n) is 27.1. The minimum atomic E-state index is -0.430. The lowest BCUT2D eigenvalue weighted by molar-refractivity contribution is -0.124. The maximum atomic E-state index is 13.8. The topological polar surface area (TPSA) is 124 Å². The number of nitrogens with zero attached hydrogens (tertiary/aromatic N) is 2. The molecule has 2 aromatic rings. The van der Waals surface area contributed by atoms with Crippen LogP contribution in [-0.4, -0.2) is 64.9 Å². The molecule has 4 atom stereocenters. The van der Waals surface area contributed by atoms with Crippen LogP contribution in [0.15, 0.2) is 49.1 Å². The van der Waals surface area contributed by atoms with Gasteiger partial charge in [-0.2, -0.15) is 5.10 Å². The Balaban J connectivity index is 1.24. The fraction of sp³-hybridized carbons (Fsp3) is 0.611. The molecule has 250 valence electrons. The third kappa shape index (κ3) is 9.75. The highest BCUT2D eigenvalue weighted by Gasteiger charge is 2.31. The van der Waals surface area contributed by atoms with Gasteiger partial charge in [0, 0.05) is 19.2 Å². The van der Waals surface area contributed by atoms with Crippen molar-refractivity contribution in [3.8, 4) is 0 Å². The van der Waals surface area contributed by atoms with E-state index >= 15 is 0 Å². The first-order valence-electron chi connectivity index (χ1n) is 17.3. The van der Waals surface area contributed by atoms with Gasteiger partial charge in [0.1, 0.15) is 12.2 Å². The molecule has 0 spiro atoms. The number of ether oxygens (including phenoxy) is 2. The van der Waals surface area contributed by atoms with Crippen molar-refractivity contribution in [2.24, 2.45) is 5.92 Å². The minimum absolute atomic E-state index is 0.0474. The quantitative estimate of drug-likeness (QED) is 0.250. The molecule has 3 N–H and O–H groups in total. The molecule has 1 aromatic heterocycles. The van der Waals surface area contributed by atoms with Crippen molar-refractivity contribution >= 4 is 17.7 Å². The maximum absolute atomic E-state index is 13.8. The predicted octanol–water partition coefficient (Wildman–Crippen LogP) is 5.08. The van der Waals surface area contributed by atoms with Crippen molar-refractivity contribution in [1.82, 2.24) is 25.7 Å². The van der Waals surface area contributed by atoms with Gasteiger partial charge in [-0.15, -0.1) is 6.58 Å². The first-order valence-corrected chi connectivity index (χ1v) is 17.3. The molecule has 0 unspecified atom stereocenters. The average Bonchev–Trinajstić information content (AvgIpc) is 3.51. The molecule has 0 radical (unpaired) electrons. The van der Waals surface area contributed by atoms with Crippen LogP contribution in [0.1, 0.15) is 110 Å². The largest absolute Gasteiger partial charge is 0.376 e. The fourth-order valence-corrected chi connectivity index (χ4v) is 7.03. The zero-order valence-corrected chi connectivity index (χ0v) is 27.1. The van der Waals surface area contributed by atoms with Gasteiger partial charge >= 0.3 is 0 Å². The summed E-state index contributed by atoms with van der Waals surface area (Å²) in [6.45, 7) is 4.94. The van der Waals surface area contributed by atoms with Crippen LogP contribution in [0.2, 0.25) is 0 Å². The lowest BCUT2D eigenvalue weighted by Crippen LogP contribution is -2.48. The lowest BCUT2D eigenvalue weighted by atomic mass is 9.89. The van der Waals surface area contributed by atoms with Gasteiger partial charge in [0.25, 0.3) is 11.8 Å². The third-order valence-corrected chi connectivity index (χ3v) is 9.59. The summed E-state index contributed by atoms with van der Waals surface area (Å²) in [5, 5.41) is 13.4. The highest BCUT2D eigenvalue weighted by molar-refractivity contribution is 5.98. The normalized spacial score (nSPS) is 23.7. The maximum Gasteiger partial charge on any atom is 0.272 e. The predicted molar refractivity (Wildman–Crippen MR) is 176 cm³/mol. The first kappa shape index (κ1) is 33.9. The highest BCUT2D eigenvalue weighted by atomic mass is 16.5.